The summed E-state index contributed by atoms with van der Waals surface area (Å²) >= 11 is 3.39. The zero-order valence-electron chi connectivity index (χ0n) is 8.03. The van der Waals surface area contributed by atoms with Gasteiger partial charge in [0.1, 0.15) is 0 Å². The average molecular weight is 252 g/mol. The topological polar surface area (TPSA) is 30.7 Å². The molecule has 2 rings (SSSR count). The smallest absolute Gasteiger partial charge is 0.0843 e. The van der Waals surface area contributed by atoms with Gasteiger partial charge in [-0.25, -0.2) is 4.68 Å². The third-order valence-corrected chi connectivity index (χ3v) is 2.38. The second-order valence-corrected chi connectivity index (χ2v) is 4.12. The van der Waals surface area contributed by atoms with Gasteiger partial charge in [0.2, 0.25) is 0 Å². The number of pyridine rings is 1. The van der Waals surface area contributed by atoms with Crippen molar-refractivity contribution in [3.63, 3.8) is 0 Å². The largest absolute Gasteiger partial charge is 0.261 e. The maximum absolute atomic E-state index is 4.38. The molecule has 2 heterocycles. The lowest BCUT2D eigenvalue weighted by molar-refractivity contribution is 0.828. The molecule has 0 saturated carbocycles. The fourth-order valence-corrected chi connectivity index (χ4v) is 1.76. The monoisotopic (exact) mass is 251 g/mol. The number of hydrogen-bond acceptors (Lipinski definition) is 2. The van der Waals surface area contributed by atoms with E-state index in [9.17, 15) is 0 Å². The number of aromatic nitrogens is 3. The maximum atomic E-state index is 4.38. The van der Waals surface area contributed by atoms with Crippen LogP contribution in [0.2, 0.25) is 0 Å². The normalized spacial score (nSPS) is 10.5. The summed E-state index contributed by atoms with van der Waals surface area (Å²) in [6.45, 7) is 4.01. The van der Waals surface area contributed by atoms with Crippen LogP contribution in [-0.4, -0.2) is 14.8 Å². The van der Waals surface area contributed by atoms with E-state index in [2.05, 4.69) is 26.0 Å². The van der Waals surface area contributed by atoms with Crippen molar-refractivity contribution in [1.29, 1.82) is 0 Å². The Bertz CT molecular complexity index is 462. The minimum Gasteiger partial charge on any atom is -0.261 e. The van der Waals surface area contributed by atoms with Crippen LogP contribution in [0.15, 0.2) is 29.0 Å². The summed E-state index contributed by atoms with van der Waals surface area (Å²) in [7, 11) is 0. The van der Waals surface area contributed by atoms with E-state index < -0.39 is 0 Å². The highest BCUT2D eigenvalue weighted by Gasteiger charge is 2.03. The Morgan fingerprint density at radius 1 is 1.21 bits per heavy atom. The van der Waals surface area contributed by atoms with E-state index >= 15 is 0 Å². The number of hydrogen-bond donors (Lipinski definition) is 0. The lowest BCUT2D eigenvalue weighted by atomic mass is 10.4. The quantitative estimate of drug-likeness (QED) is 0.781. The van der Waals surface area contributed by atoms with Gasteiger partial charge in [-0.2, -0.15) is 5.10 Å². The first-order valence-electron chi connectivity index (χ1n) is 4.31. The minimum absolute atomic E-state index is 0.961. The minimum atomic E-state index is 0.961. The van der Waals surface area contributed by atoms with Gasteiger partial charge in [0.15, 0.2) is 0 Å². The summed E-state index contributed by atoms with van der Waals surface area (Å²) in [5.74, 6) is 0. The number of nitrogens with zero attached hydrogens (tertiary/aromatic N) is 3. The Morgan fingerprint density at radius 2 is 2.00 bits per heavy atom. The molecule has 3 nitrogen and oxygen atoms in total. The van der Waals surface area contributed by atoms with Crippen LogP contribution in [0.25, 0.3) is 5.69 Å². The van der Waals surface area contributed by atoms with Gasteiger partial charge in [-0.3, -0.25) is 4.98 Å². The molecular formula is C10H10BrN3. The van der Waals surface area contributed by atoms with Gasteiger partial charge in [0.05, 0.1) is 17.6 Å². The predicted molar refractivity (Wildman–Crippen MR) is 58.5 cm³/mol. The van der Waals surface area contributed by atoms with Crippen molar-refractivity contribution in [2.45, 2.75) is 13.8 Å². The van der Waals surface area contributed by atoms with Gasteiger partial charge in [0, 0.05) is 16.4 Å². The van der Waals surface area contributed by atoms with E-state index in [1.807, 2.05) is 30.7 Å². The third-order valence-electron chi connectivity index (χ3n) is 1.94. The highest BCUT2D eigenvalue weighted by molar-refractivity contribution is 9.10. The van der Waals surface area contributed by atoms with Crippen LogP contribution in [0.5, 0.6) is 0 Å². The van der Waals surface area contributed by atoms with Gasteiger partial charge < -0.3 is 0 Å². The summed E-state index contributed by atoms with van der Waals surface area (Å²) in [4.78, 5) is 4.10. The Kier molecular flexibility index (Phi) is 2.37. The van der Waals surface area contributed by atoms with E-state index in [-0.39, 0.29) is 0 Å². The second-order valence-electron chi connectivity index (χ2n) is 3.20. The van der Waals surface area contributed by atoms with Crippen LogP contribution in [0.4, 0.5) is 0 Å². The molecule has 0 unspecified atom stereocenters. The average Bonchev–Trinajstić information content (AvgIpc) is 2.45. The Balaban J connectivity index is 2.54. The van der Waals surface area contributed by atoms with E-state index in [0.717, 1.165) is 21.5 Å². The van der Waals surface area contributed by atoms with Crippen LogP contribution in [0.3, 0.4) is 0 Å². The van der Waals surface area contributed by atoms with Gasteiger partial charge in [0.25, 0.3) is 0 Å². The van der Waals surface area contributed by atoms with Crippen molar-refractivity contribution >= 4 is 15.9 Å². The van der Waals surface area contributed by atoms with Crippen LogP contribution >= 0.6 is 15.9 Å². The third kappa shape index (κ3) is 1.70. The summed E-state index contributed by atoms with van der Waals surface area (Å²) in [6, 6.07) is 4.04. The van der Waals surface area contributed by atoms with Gasteiger partial charge in [-0.15, -0.1) is 0 Å². The van der Waals surface area contributed by atoms with Gasteiger partial charge in [-0.05, 0) is 41.9 Å². The molecule has 0 spiro atoms. The van der Waals surface area contributed by atoms with Crippen molar-refractivity contribution in [1.82, 2.24) is 14.8 Å². The first-order chi connectivity index (χ1) is 6.66. The van der Waals surface area contributed by atoms with Crippen molar-refractivity contribution in [2.24, 2.45) is 0 Å². The van der Waals surface area contributed by atoms with E-state index in [0.29, 0.717) is 0 Å². The van der Waals surface area contributed by atoms with Crippen molar-refractivity contribution in [3.05, 3.63) is 40.4 Å². The summed E-state index contributed by atoms with van der Waals surface area (Å²) in [5, 5.41) is 4.38. The molecule has 0 radical (unpaired) electrons. The Morgan fingerprint density at radius 3 is 2.57 bits per heavy atom. The van der Waals surface area contributed by atoms with Crippen LogP contribution in [-0.2, 0) is 0 Å². The molecule has 2 aromatic heterocycles. The molecule has 14 heavy (non-hydrogen) atoms. The molecule has 0 N–H and O–H groups in total. The molecule has 0 bridgehead atoms. The fraction of sp³-hybridized carbons (Fsp3) is 0.200. The van der Waals surface area contributed by atoms with Gasteiger partial charge in [-0.1, -0.05) is 0 Å². The zero-order valence-corrected chi connectivity index (χ0v) is 9.62. The molecule has 0 aliphatic heterocycles. The molecule has 0 atom stereocenters. The molecule has 4 heteroatoms. The fourth-order valence-electron chi connectivity index (χ4n) is 1.41. The highest BCUT2D eigenvalue weighted by Crippen LogP contribution is 2.15. The molecule has 0 aliphatic rings. The second kappa shape index (κ2) is 3.53. The van der Waals surface area contributed by atoms with Crippen LogP contribution in [0, 0.1) is 13.8 Å². The molecule has 0 fully saturated rings. The lowest BCUT2D eigenvalue weighted by Crippen LogP contribution is -1.99. The number of aryl methyl sites for hydroxylation is 2. The highest BCUT2D eigenvalue weighted by atomic mass is 79.9. The SMILES string of the molecule is Cc1cc(C)n(-c2cncc(Br)c2)n1. The molecular weight excluding hydrogens is 242 g/mol. The molecule has 72 valence electrons. The van der Waals surface area contributed by atoms with Crippen molar-refractivity contribution in [2.75, 3.05) is 0 Å². The van der Waals surface area contributed by atoms with Crippen molar-refractivity contribution in [3.8, 4) is 5.69 Å². The van der Waals surface area contributed by atoms with Gasteiger partial charge >= 0.3 is 0 Å². The maximum Gasteiger partial charge on any atom is 0.0843 e. The summed E-state index contributed by atoms with van der Waals surface area (Å²) < 4.78 is 2.84. The Hall–Kier alpha value is -1.16. The zero-order chi connectivity index (χ0) is 10.1. The Labute approximate surface area is 90.9 Å². The number of halogens is 1. The van der Waals surface area contributed by atoms with Crippen LogP contribution in [0.1, 0.15) is 11.4 Å². The molecule has 0 aromatic carbocycles. The molecule has 2 aromatic rings. The van der Waals surface area contributed by atoms with E-state index in [1.54, 1.807) is 12.4 Å². The lowest BCUT2D eigenvalue weighted by Gasteiger charge is -2.03. The number of rotatable bonds is 1. The molecule has 0 aliphatic carbocycles. The van der Waals surface area contributed by atoms with E-state index in [4.69, 9.17) is 0 Å². The predicted octanol–water partition coefficient (Wildman–Crippen LogP) is 2.65. The molecule has 0 amide bonds. The van der Waals surface area contributed by atoms with Crippen molar-refractivity contribution < 1.29 is 0 Å². The molecule has 0 saturated heterocycles. The standard InChI is InChI=1S/C10H10BrN3/c1-7-3-8(2)14(13-7)10-4-9(11)5-12-6-10/h3-6H,1-2H3. The van der Waals surface area contributed by atoms with Crippen LogP contribution < -0.4 is 0 Å². The summed E-state index contributed by atoms with van der Waals surface area (Å²) in [5.41, 5.74) is 3.11. The first kappa shape index (κ1) is 9.40. The first-order valence-corrected chi connectivity index (χ1v) is 5.10. The summed E-state index contributed by atoms with van der Waals surface area (Å²) in [6.07, 6.45) is 3.55. The van der Waals surface area contributed by atoms with E-state index in [1.165, 1.54) is 0 Å².